The van der Waals surface area contributed by atoms with Gasteiger partial charge in [-0.3, -0.25) is 4.79 Å². The summed E-state index contributed by atoms with van der Waals surface area (Å²) in [7, 11) is -3.58. The van der Waals surface area contributed by atoms with E-state index in [-0.39, 0.29) is 5.75 Å². The fourth-order valence-electron chi connectivity index (χ4n) is 1.82. The van der Waals surface area contributed by atoms with E-state index >= 15 is 0 Å². The predicted octanol–water partition coefficient (Wildman–Crippen LogP) is 3.79. The van der Waals surface area contributed by atoms with Gasteiger partial charge in [0.1, 0.15) is 5.75 Å². The third-order valence-electron chi connectivity index (χ3n) is 2.85. The van der Waals surface area contributed by atoms with Crippen LogP contribution in [0.1, 0.15) is 15.9 Å². The van der Waals surface area contributed by atoms with Crippen molar-refractivity contribution in [2.45, 2.75) is 5.75 Å². The van der Waals surface area contributed by atoms with Crippen LogP contribution in [0.25, 0.3) is 0 Å². The molecule has 2 aromatic rings. The summed E-state index contributed by atoms with van der Waals surface area (Å²) in [4.78, 5) is 12.0. The molecule has 0 spiro atoms. The number of halogens is 2. The summed E-state index contributed by atoms with van der Waals surface area (Å²) in [5.41, 5.74) is 0.810. The molecular formula is C15H12Cl2O3S. The minimum absolute atomic E-state index is 0.258. The van der Waals surface area contributed by atoms with E-state index in [1.54, 1.807) is 36.4 Å². The first-order valence-corrected chi connectivity index (χ1v) is 8.68. The lowest BCUT2D eigenvalue weighted by molar-refractivity contribution is 0.102. The maximum absolute atomic E-state index is 12.1. The van der Waals surface area contributed by atoms with Crippen molar-refractivity contribution in [3.63, 3.8) is 0 Å². The molecule has 0 aromatic heterocycles. The molecule has 0 amide bonds. The van der Waals surface area contributed by atoms with Crippen LogP contribution < -0.4 is 0 Å². The number of carbonyl (C=O) groups excluding carboxylic acids is 1. The first kappa shape index (κ1) is 16.0. The summed E-state index contributed by atoms with van der Waals surface area (Å²) < 4.78 is 24.2. The highest BCUT2D eigenvalue weighted by Crippen LogP contribution is 2.19. The molecule has 21 heavy (non-hydrogen) atoms. The van der Waals surface area contributed by atoms with Crippen molar-refractivity contribution in [3.8, 4) is 0 Å². The molecule has 0 aliphatic heterocycles. The summed E-state index contributed by atoms with van der Waals surface area (Å²) in [5, 5.41) is 0.866. The van der Waals surface area contributed by atoms with Crippen LogP contribution in [0.15, 0.2) is 48.5 Å². The smallest absolute Gasteiger partial charge is 0.177 e. The van der Waals surface area contributed by atoms with Crippen LogP contribution in [-0.4, -0.2) is 20.0 Å². The lowest BCUT2D eigenvalue weighted by Gasteiger charge is -2.06. The number of carbonyl (C=O) groups is 1. The Balaban J connectivity index is 2.12. The summed E-state index contributed by atoms with van der Waals surface area (Å²) >= 11 is 11.7. The zero-order chi connectivity index (χ0) is 15.5. The molecule has 3 nitrogen and oxygen atoms in total. The lowest BCUT2D eigenvalue weighted by Crippen LogP contribution is -2.18. The molecule has 0 saturated heterocycles. The van der Waals surface area contributed by atoms with Gasteiger partial charge in [0.25, 0.3) is 0 Å². The van der Waals surface area contributed by atoms with E-state index in [1.807, 2.05) is 0 Å². The number of hydrogen-bond acceptors (Lipinski definition) is 3. The van der Waals surface area contributed by atoms with Gasteiger partial charge < -0.3 is 0 Å². The molecule has 0 saturated carbocycles. The Morgan fingerprint density at radius 2 is 1.57 bits per heavy atom. The highest BCUT2D eigenvalue weighted by molar-refractivity contribution is 7.91. The van der Waals surface area contributed by atoms with E-state index in [0.717, 1.165) is 0 Å². The van der Waals surface area contributed by atoms with Crippen molar-refractivity contribution in [1.82, 2.24) is 0 Å². The third-order valence-corrected chi connectivity index (χ3v) is 4.92. The second-order valence-electron chi connectivity index (χ2n) is 4.55. The molecule has 0 aliphatic rings. The molecule has 0 atom stereocenters. The van der Waals surface area contributed by atoms with Crippen molar-refractivity contribution < 1.29 is 13.2 Å². The largest absolute Gasteiger partial charge is 0.293 e. The van der Waals surface area contributed by atoms with Crippen LogP contribution in [0.3, 0.4) is 0 Å². The van der Waals surface area contributed by atoms with Crippen LogP contribution >= 0.6 is 23.2 Å². The van der Waals surface area contributed by atoms with E-state index in [0.29, 0.717) is 21.2 Å². The summed E-state index contributed by atoms with van der Waals surface area (Å²) in [6.45, 7) is 0. The lowest BCUT2D eigenvalue weighted by atomic mass is 10.1. The van der Waals surface area contributed by atoms with Gasteiger partial charge in [-0.25, -0.2) is 8.42 Å². The Morgan fingerprint density at radius 3 is 2.19 bits per heavy atom. The van der Waals surface area contributed by atoms with Gasteiger partial charge in [0.2, 0.25) is 0 Å². The highest BCUT2D eigenvalue weighted by atomic mass is 35.5. The molecular weight excluding hydrogens is 331 g/mol. The minimum Gasteiger partial charge on any atom is -0.293 e. The number of benzene rings is 2. The van der Waals surface area contributed by atoms with Crippen LogP contribution in [0.2, 0.25) is 10.0 Å². The maximum Gasteiger partial charge on any atom is 0.177 e. The third kappa shape index (κ3) is 4.56. The molecule has 2 aromatic carbocycles. The average Bonchev–Trinajstić information content (AvgIpc) is 2.41. The fourth-order valence-corrected chi connectivity index (χ4v) is 3.62. The van der Waals surface area contributed by atoms with Gasteiger partial charge in [-0.2, -0.15) is 0 Å². The Kier molecular flexibility index (Phi) is 5.04. The number of ketones is 1. The molecule has 0 N–H and O–H groups in total. The first-order valence-electron chi connectivity index (χ1n) is 6.10. The Hall–Kier alpha value is -1.36. The Morgan fingerprint density at radius 1 is 0.952 bits per heavy atom. The molecule has 0 fully saturated rings. The molecule has 0 radical (unpaired) electrons. The predicted molar refractivity (Wildman–Crippen MR) is 84.7 cm³/mol. The molecule has 110 valence electrons. The molecule has 2 rings (SSSR count). The van der Waals surface area contributed by atoms with E-state index in [4.69, 9.17) is 23.2 Å². The van der Waals surface area contributed by atoms with Crippen LogP contribution in [-0.2, 0) is 15.6 Å². The first-order chi connectivity index (χ1) is 9.87. The molecule has 0 aliphatic carbocycles. The average molecular weight is 343 g/mol. The monoisotopic (exact) mass is 342 g/mol. The van der Waals surface area contributed by atoms with Crippen LogP contribution in [0, 0.1) is 0 Å². The number of hydrogen-bond donors (Lipinski definition) is 0. The van der Waals surface area contributed by atoms with Gasteiger partial charge in [-0.15, -0.1) is 0 Å². The zero-order valence-corrected chi connectivity index (χ0v) is 13.3. The van der Waals surface area contributed by atoms with Crippen molar-refractivity contribution in [1.29, 1.82) is 0 Å². The summed E-state index contributed by atoms with van der Waals surface area (Å²) in [5.74, 6) is -1.27. The second-order valence-corrected chi connectivity index (χ2v) is 7.46. The topological polar surface area (TPSA) is 51.2 Å². The second kappa shape index (κ2) is 6.60. The Labute approximate surface area is 133 Å². The zero-order valence-electron chi connectivity index (χ0n) is 10.9. The van der Waals surface area contributed by atoms with Gasteiger partial charge in [-0.05, 0) is 35.9 Å². The molecule has 0 bridgehead atoms. The number of rotatable bonds is 5. The van der Waals surface area contributed by atoms with Crippen molar-refractivity contribution in [3.05, 3.63) is 69.7 Å². The normalized spacial score (nSPS) is 11.3. The maximum atomic E-state index is 12.1. The van der Waals surface area contributed by atoms with Crippen molar-refractivity contribution >= 4 is 38.8 Å². The van der Waals surface area contributed by atoms with E-state index in [9.17, 15) is 13.2 Å². The van der Waals surface area contributed by atoms with Gasteiger partial charge in [0, 0.05) is 15.6 Å². The molecule has 0 heterocycles. The molecule has 6 heteroatoms. The SMILES string of the molecule is O=C(CS(=O)(=O)Cc1ccccc1Cl)c1ccc(Cl)cc1. The van der Waals surface area contributed by atoms with Gasteiger partial charge in [-0.1, -0.05) is 41.4 Å². The van der Waals surface area contributed by atoms with E-state index < -0.39 is 21.4 Å². The van der Waals surface area contributed by atoms with Crippen LogP contribution in [0.5, 0.6) is 0 Å². The fraction of sp³-hybridized carbons (Fsp3) is 0.133. The Bertz CT molecular complexity index is 753. The standard InChI is InChI=1S/C15H12Cl2O3S/c16-13-7-5-11(6-8-13)15(18)10-21(19,20)9-12-3-1-2-4-14(12)17/h1-8H,9-10H2. The minimum atomic E-state index is -3.58. The van der Waals surface area contributed by atoms with Crippen molar-refractivity contribution in [2.75, 3.05) is 5.75 Å². The summed E-state index contributed by atoms with van der Waals surface area (Å²) in [6.07, 6.45) is 0. The number of sulfone groups is 1. The summed E-state index contributed by atoms with van der Waals surface area (Å²) in [6, 6.07) is 12.8. The van der Waals surface area contributed by atoms with Gasteiger partial charge >= 0.3 is 0 Å². The van der Waals surface area contributed by atoms with Crippen LogP contribution in [0.4, 0.5) is 0 Å². The van der Waals surface area contributed by atoms with E-state index in [2.05, 4.69) is 0 Å². The molecule has 0 unspecified atom stereocenters. The highest BCUT2D eigenvalue weighted by Gasteiger charge is 2.19. The van der Waals surface area contributed by atoms with Crippen molar-refractivity contribution in [2.24, 2.45) is 0 Å². The number of Topliss-reactive ketones (excluding diaryl/α,β-unsaturated/α-hetero) is 1. The van der Waals surface area contributed by atoms with E-state index in [1.165, 1.54) is 12.1 Å². The quantitative estimate of drug-likeness (QED) is 0.776. The van der Waals surface area contributed by atoms with Gasteiger partial charge in [0.05, 0.1) is 5.75 Å². The van der Waals surface area contributed by atoms with Gasteiger partial charge in [0.15, 0.2) is 15.6 Å².